The molecule has 2 aromatic carbocycles. The average molecular weight is 334 g/mol. The van der Waals surface area contributed by atoms with Crippen molar-refractivity contribution in [1.29, 1.82) is 0 Å². The van der Waals surface area contributed by atoms with Gasteiger partial charge in [-0.05, 0) is 36.8 Å². The number of furan rings is 1. The molecule has 1 aromatic heterocycles. The van der Waals surface area contributed by atoms with E-state index in [1.54, 1.807) is 6.07 Å². The number of nitrogens with two attached hydrogens (primary N) is 1. The van der Waals surface area contributed by atoms with Crippen molar-refractivity contribution in [3.63, 3.8) is 0 Å². The number of halogens is 2. The first-order valence-electron chi connectivity index (χ1n) is 6.26. The van der Waals surface area contributed by atoms with Crippen LogP contribution in [-0.2, 0) is 0 Å². The molecule has 2 nitrogen and oxygen atoms in total. The maximum Gasteiger partial charge on any atom is 0.137 e. The first kappa shape index (κ1) is 13.3. The van der Waals surface area contributed by atoms with Crippen molar-refractivity contribution < 1.29 is 8.81 Å². The molecule has 20 heavy (non-hydrogen) atoms. The lowest BCUT2D eigenvalue weighted by molar-refractivity contribution is 0.518. The first-order chi connectivity index (χ1) is 9.56. The molecule has 0 aliphatic heterocycles. The van der Waals surface area contributed by atoms with Gasteiger partial charge in [0.25, 0.3) is 0 Å². The van der Waals surface area contributed by atoms with E-state index >= 15 is 0 Å². The number of aryl methyl sites for hydroxylation is 1. The molecule has 0 amide bonds. The summed E-state index contributed by atoms with van der Waals surface area (Å²) >= 11 is 3.40. The zero-order valence-corrected chi connectivity index (χ0v) is 12.4. The largest absolute Gasteiger partial charge is 0.459 e. The van der Waals surface area contributed by atoms with Gasteiger partial charge in [-0.1, -0.05) is 28.1 Å². The van der Waals surface area contributed by atoms with Gasteiger partial charge in [0.05, 0.1) is 6.04 Å². The Balaban J connectivity index is 2.09. The summed E-state index contributed by atoms with van der Waals surface area (Å²) in [4.78, 5) is 0. The maximum atomic E-state index is 13.2. The topological polar surface area (TPSA) is 39.2 Å². The van der Waals surface area contributed by atoms with Crippen LogP contribution in [0, 0.1) is 12.7 Å². The van der Waals surface area contributed by atoms with Crippen LogP contribution >= 0.6 is 15.9 Å². The number of hydrogen-bond acceptors (Lipinski definition) is 2. The fourth-order valence-electron chi connectivity index (χ4n) is 2.34. The number of hydrogen-bond donors (Lipinski definition) is 1. The summed E-state index contributed by atoms with van der Waals surface area (Å²) in [5.74, 6) is 0.364. The zero-order valence-electron chi connectivity index (χ0n) is 10.9. The first-order valence-corrected chi connectivity index (χ1v) is 7.05. The van der Waals surface area contributed by atoms with Crippen LogP contribution in [0.4, 0.5) is 4.39 Å². The molecule has 0 saturated heterocycles. The number of benzene rings is 2. The molecule has 4 heteroatoms. The van der Waals surface area contributed by atoms with Gasteiger partial charge in [0.2, 0.25) is 0 Å². The SMILES string of the molecule is Cc1c(C(N)c2ccc(Br)cc2)oc2cc(F)ccc12. The van der Waals surface area contributed by atoms with Crippen molar-refractivity contribution in [2.24, 2.45) is 5.73 Å². The van der Waals surface area contributed by atoms with Crippen LogP contribution in [0.25, 0.3) is 11.0 Å². The number of rotatable bonds is 2. The molecule has 3 aromatic rings. The summed E-state index contributed by atoms with van der Waals surface area (Å²) in [7, 11) is 0. The molecular weight excluding hydrogens is 321 g/mol. The molecule has 0 aliphatic carbocycles. The van der Waals surface area contributed by atoms with Gasteiger partial charge in [-0.25, -0.2) is 4.39 Å². The van der Waals surface area contributed by atoms with Crippen LogP contribution in [0.15, 0.2) is 51.4 Å². The molecule has 0 radical (unpaired) electrons. The van der Waals surface area contributed by atoms with Crippen molar-refractivity contribution in [2.75, 3.05) is 0 Å². The second kappa shape index (κ2) is 5.04. The molecule has 0 bridgehead atoms. The van der Waals surface area contributed by atoms with Gasteiger partial charge in [0.1, 0.15) is 17.2 Å². The van der Waals surface area contributed by atoms with Crippen LogP contribution in [-0.4, -0.2) is 0 Å². The fourth-order valence-corrected chi connectivity index (χ4v) is 2.60. The predicted octanol–water partition coefficient (Wildman–Crippen LogP) is 4.69. The Hall–Kier alpha value is -1.65. The predicted molar refractivity (Wildman–Crippen MR) is 81.1 cm³/mol. The summed E-state index contributed by atoms with van der Waals surface area (Å²) in [5.41, 5.74) is 8.71. The Morgan fingerprint density at radius 1 is 1.15 bits per heavy atom. The summed E-state index contributed by atoms with van der Waals surface area (Å²) in [6, 6.07) is 11.9. The van der Waals surface area contributed by atoms with Gasteiger partial charge < -0.3 is 10.2 Å². The highest BCUT2D eigenvalue weighted by atomic mass is 79.9. The highest BCUT2D eigenvalue weighted by Crippen LogP contribution is 2.32. The lowest BCUT2D eigenvalue weighted by Gasteiger charge is -2.10. The average Bonchev–Trinajstić information content (AvgIpc) is 2.75. The van der Waals surface area contributed by atoms with Gasteiger partial charge in [-0.2, -0.15) is 0 Å². The molecule has 2 N–H and O–H groups in total. The van der Waals surface area contributed by atoms with Gasteiger partial charge in [-0.15, -0.1) is 0 Å². The van der Waals surface area contributed by atoms with E-state index in [1.807, 2.05) is 31.2 Å². The van der Waals surface area contributed by atoms with E-state index in [0.717, 1.165) is 21.0 Å². The van der Waals surface area contributed by atoms with E-state index in [4.69, 9.17) is 10.2 Å². The lowest BCUT2D eigenvalue weighted by Crippen LogP contribution is -2.11. The summed E-state index contributed by atoms with van der Waals surface area (Å²) in [6.45, 7) is 1.94. The molecule has 0 saturated carbocycles. The second-order valence-corrected chi connectivity index (χ2v) is 5.68. The monoisotopic (exact) mass is 333 g/mol. The second-order valence-electron chi connectivity index (χ2n) is 4.76. The van der Waals surface area contributed by atoms with Crippen molar-refractivity contribution >= 4 is 26.9 Å². The standard InChI is InChI=1S/C16H13BrFNO/c1-9-13-7-6-12(18)8-14(13)20-16(9)15(19)10-2-4-11(17)5-3-10/h2-8,15H,19H2,1H3. The molecule has 3 rings (SSSR count). The van der Waals surface area contributed by atoms with Crippen LogP contribution in [0.2, 0.25) is 0 Å². The van der Waals surface area contributed by atoms with E-state index in [0.29, 0.717) is 11.3 Å². The Morgan fingerprint density at radius 3 is 2.55 bits per heavy atom. The Labute approximate surface area is 124 Å². The molecule has 1 unspecified atom stereocenters. The minimum absolute atomic E-state index is 0.310. The van der Waals surface area contributed by atoms with E-state index in [9.17, 15) is 4.39 Å². The quantitative estimate of drug-likeness (QED) is 0.738. The maximum absolute atomic E-state index is 13.2. The third-order valence-corrected chi connectivity index (χ3v) is 3.98. The molecule has 1 heterocycles. The lowest BCUT2D eigenvalue weighted by atomic mass is 10.0. The van der Waals surface area contributed by atoms with Crippen molar-refractivity contribution in [2.45, 2.75) is 13.0 Å². The van der Waals surface area contributed by atoms with Gasteiger partial charge in [0, 0.05) is 21.5 Å². The summed E-state index contributed by atoms with van der Waals surface area (Å²) < 4.78 is 20.0. The van der Waals surface area contributed by atoms with Gasteiger partial charge in [0.15, 0.2) is 0 Å². The Bertz CT molecular complexity index is 764. The normalized spacial score (nSPS) is 12.8. The van der Waals surface area contributed by atoms with Gasteiger partial charge >= 0.3 is 0 Å². The minimum Gasteiger partial charge on any atom is -0.459 e. The van der Waals surface area contributed by atoms with E-state index in [-0.39, 0.29) is 11.9 Å². The summed E-state index contributed by atoms with van der Waals surface area (Å²) in [6.07, 6.45) is 0. The summed E-state index contributed by atoms with van der Waals surface area (Å²) in [5, 5.41) is 0.897. The molecule has 102 valence electrons. The highest BCUT2D eigenvalue weighted by molar-refractivity contribution is 9.10. The van der Waals surface area contributed by atoms with Gasteiger partial charge in [-0.3, -0.25) is 0 Å². The third kappa shape index (κ3) is 2.25. The van der Waals surface area contributed by atoms with Crippen LogP contribution in [0.3, 0.4) is 0 Å². The number of fused-ring (bicyclic) bond motifs is 1. The van der Waals surface area contributed by atoms with E-state index in [1.165, 1.54) is 12.1 Å². The van der Waals surface area contributed by atoms with E-state index in [2.05, 4.69) is 15.9 Å². The van der Waals surface area contributed by atoms with Crippen molar-refractivity contribution in [1.82, 2.24) is 0 Å². The molecule has 1 atom stereocenters. The Kier molecular flexibility index (Phi) is 3.36. The fraction of sp³-hybridized carbons (Fsp3) is 0.125. The Morgan fingerprint density at radius 2 is 1.85 bits per heavy atom. The third-order valence-electron chi connectivity index (χ3n) is 3.45. The van der Waals surface area contributed by atoms with Crippen LogP contribution in [0.5, 0.6) is 0 Å². The van der Waals surface area contributed by atoms with E-state index < -0.39 is 0 Å². The van der Waals surface area contributed by atoms with Crippen LogP contribution < -0.4 is 5.73 Å². The van der Waals surface area contributed by atoms with Crippen molar-refractivity contribution in [3.8, 4) is 0 Å². The van der Waals surface area contributed by atoms with Crippen LogP contribution in [0.1, 0.15) is 22.9 Å². The smallest absolute Gasteiger partial charge is 0.137 e. The molecule has 0 aliphatic rings. The molecule has 0 spiro atoms. The zero-order chi connectivity index (χ0) is 14.3. The highest BCUT2D eigenvalue weighted by Gasteiger charge is 2.18. The van der Waals surface area contributed by atoms with Crippen molar-refractivity contribution in [3.05, 3.63) is 69.6 Å². The molecular formula is C16H13BrFNO. The molecule has 0 fully saturated rings. The minimum atomic E-state index is -0.362.